The van der Waals surface area contributed by atoms with Gasteiger partial charge in [-0.3, -0.25) is 0 Å². The Morgan fingerprint density at radius 3 is 0.636 bits per heavy atom. The molecule has 0 saturated carbocycles. The summed E-state index contributed by atoms with van der Waals surface area (Å²) in [5, 5.41) is 37.8. The first-order chi connectivity index (χ1) is 13.6. The molecule has 0 atom stereocenters. The third kappa shape index (κ3) is 26.4. The number of rotatable bonds is 0. The van der Waals surface area contributed by atoms with E-state index in [2.05, 4.69) is 0 Å². The van der Waals surface area contributed by atoms with Gasteiger partial charge in [-0.25, -0.2) is 0 Å². The molecule has 2 N–H and O–H groups in total. The summed E-state index contributed by atoms with van der Waals surface area (Å²) in [6, 6.07) is 34.1. The maximum atomic E-state index is 10.3. The van der Waals surface area contributed by atoms with Crippen molar-refractivity contribution in [1.29, 1.82) is 0 Å². The van der Waals surface area contributed by atoms with E-state index < -0.39 is 0 Å². The van der Waals surface area contributed by atoms with E-state index in [1.807, 2.05) is 24.3 Å². The van der Waals surface area contributed by atoms with Crippen molar-refractivity contribution in [2.24, 2.45) is 0 Å². The molecule has 4 rings (SSSR count). The van der Waals surface area contributed by atoms with Crippen LogP contribution in [-0.2, 0) is 76.5 Å². The van der Waals surface area contributed by atoms with Crippen molar-refractivity contribution < 1.29 is 69.9 Å². The van der Waals surface area contributed by atoms with Gasteiger partial charge >= 0.3 is 49.5 Å². The smallest absolute Gasteiger partial charge is 2.00 e. The molecule has 9 heteroatoms. The zero-order chi connectivity index (χ0) is 20.5. The third-order valence-corrected chi connectivity index (χ3v) is 3.00. The van der Waals surface area contributed by atoms with Crippen LogP contribution in [-0.4, -0.2) is 10.2 Å². The zero-order valence-electron chi connectivity index (χ0n) is 17.0. The van der Waals surface area contributed by atoms with Gasteiger partial charge in [0.25, 0.3) is 0 Å². The fourth-order valence-corrected chi connectivity index (χ4v) is 1.70. The first-order valence-electron chi connectivity index (χ1n) is 8.50. The number of hydrogen-bond donors (Lipinski definition) is 2. The van der Waals surface area contributed by atoms with Crippen LogP contribution in [0.1, 0.15) is 0 Å². The number of phenolic OH excluding ortho intramolecular Hbond substituents is 2. The summed E-state index contributed by atoms with van der Waals surface area (Å²) >= 11 is 0. The van der Waals surface area contributed by atoms with Crippen LogP contribution in [0.2, 0.25) is 0 Å². The fourth-order valence-electron chi connectivity index (χ4n) is 1.70. The van der Waals surface area contributed by atoms with Crippen molar-refractivity contribution in [3.8, 4) is 23.0 Å². The van der Waals surface area contributed by atoms with Crippen LogP contribution < -0.4 is 10.2 Å². The third-order valence-electron chi connectivity index (χ3n) is 3.00. The SMILES string of the molecule is Oc1ccccc1.Oc1ccccc1.[Ni+2].[Ni+2].[Ni+2].[O-]c1ccccc1.[O-]c1ccccc1.[S-2].[S-2]. The Morgan fingerprint density at radius 1 is 0.364 bits per heavy atom. The molecule has 0 unspecified atom stereocenters. The molecule has 33 heavy (non-hydrogen) atoms. The average Bonchev–Trinajstić information content (AvgIpc) is 2.72. The molecule has 4 aromatic carbocycles. The van der Waals surface area contributed by atoms with Gasteiger partial charge in [0.15, 0.2) is 0 Å². The Labute approximate surface area is 239 Å². The average molecular weight is 615 g/mol. The van der Waals surface area contributed by atoms with Crippen molar-refractivity contribution in [3.63, 3.8) is 0 Å². The Kier molecular flexibility index (Phi) is 35.6. The Hall–Kier alpha value is -1.74. The molecule has 0 radical (unpaired) electrons. The van der Waals surface area contributed by atoms with Crippen LogP contribution in [0.3, 0.4) is 0 Å². The zero-order valence-corrected chi connectivity index (χ0v) is 21.6. The van der Waals surface area contributed by atoms with E-state index in [1.165, 1.54) is 24.3 Å². The molecule has 0 spiro atoms. The van der Waals surface area contributed by atoms with E-state index in [0.29, 0.717) is 11.5 Å². The summed E-state index contributed by atoms with van der Waals surface area (Å²) in [5.74, 6) is 0.787. The van der Waals surface area contributed by atoms with E-state index in [-0.39, 0.29) is 88.0 Å². The standard InChI is InChI=1S/4C6H6O.3Ni.2S/c4*7-6-4-2-1-3-5-6;;;;;/h4*1-5,7H;;;;;/q;;;;3*+2;2*-2/p-2. The molecule has 184 valence electrons. The van der Waals surface area contributed by atoms with Crippen LogP contribution in [0.5, 0.6) is 23.0 Å². The van der Waals surface area contributed by atoms with Gasteiger partial charge in [-0.2, -0.15) is 0 Å². The minimum Gasteiger partial charge on any atom is -2.00 e. The van der Waals surface area contributed by atoms with Gasteiger partial charge in [-0.15, -0.1) is 11.5 Å². The van der Waals surface area contributed by atoms with Crippen molar-refractivity contribution >= 4 is 27.0 Å². The molecule has 0 amide bonds. The first kappa shape index (κ1) is 41.5. The normalized spacial score (nSPS) is 7.27. The van der Waals surface area contributed by atoms with Gasteiger partial charge in [0.2, 0.25) is 0 Å². The van der Waals surface area contributed by atoms with Crippen LogP contribution in [0, 0.1) is 0 Å². The Bertz CT molecular complexity index is 712. The van der Waals surface area contributed by atoms with E-state index in [1.54, 1.807) is 72.8 Å². The van der Waals surface area contributed by atoms with Crippen molar-refractivity contribution in [3.05, 3.63) is 121 Å². The van der Waals surface area contributed by atoms with E-state index in [9.17, 15) is 10.2 Å². The van der Waals surface area contributed by atoms with Crippen molar-refractivity contribution in [2.75, 3.05) is 0 Å². The molecular weight excluding hydrogens is 592 g/mol. The maximum absolute atomic E-state index is 10.3. The summed E-state index contributed by atoms with van der Waals surface area (Å²) < 4.78 is 0. The van der Waals surface area contributed by atoms with Crippen molar-refractivity contribution in [1.82, 2.24) is 0 Å². The number of benzene rings is 4. The van der Waals surface area contributed by atoms with Crippen LogP contribution >= 0.6 is 0 Å². The molecule has 0 aromatic heterocycles. The maximum Gasteiger partial charge on any atom is 2.00 e. The summed E-state index contributed by atoms with van der Waals surface area (Å²) in [7, 11) is 0. The molecule has 0 heterocycles. The molecule has 0 fully saturated rings. The number of aromatic hydroxyl groups is 2. The Balaban J connectivity index is -0.000000101. The second-order valence-corrected chi connectivity index (χ2v) is 5.30. The number of phenols is 2. The van der Waals surface area contributed by atoms with E-state index >= 15 is 0 Å². The van der Waals surface area contributed by atoms with Crippen molar-refractivity contribution in [2.45, 2.75) is 0 Å². The molecule has 0 aliphatic carbocycles. The van der Waals surface area contributed by atoms with Gasteiger partial charge in [0.05, 0.1) is 0 Å². The minimum atomic E-state index is 0. The van der Waals surface area contributed by atoms with Gasteiger partial charge < -0.3 is 47.4 Å². The number of hydrogen-bond acceptors (Lipinski definition) is 4. The van der Waals surface area contributed by atoms with Crippen LogP contribution in [0.25, 0.3) is 0 Å². The summed E-state index contributed by atoms with van der Waals surface area (Å²) in [6.07, 6.45) is 0. The second-order valence-electron chi connectivity index (χ2n) is 5.30. The van der Waals surface area contributed by atoms with Crippen LogP contribution in [0.4, 0.5) is 0 Å². The van der Waals surface area contributed by atoms with E-state index in [4.69, 9.17) is 10.2 Å². The number of para-hydroxylation sites is 4. The fraction of sp³-hybridized carbons (Fsp3) is 0. The predicted octanol–water partition coefficient (Wildman–Crippen LogP) is 4.29. The second kappa shape index (κ2) is 28.3. The van der Waals surface area contributed by atoms with Gasteiger partial charge in [-0.05, 0) is 24.3 Å². The first-order valence-corrected chi connectivity index (χ1v) is 8.50. The van der Waals surface area contributed by atoms with Gasteiger partial charge in [-0.1, -0.05) is 97.1 Å². The van der Waals surface area contributed by atoms with Gasteiger partial charge in [0, 0.05) is 0 Å². The predicted molar refractivity (Wildman–Crippen MR) is 123 cm³/mol. The molecule has 0 saturated heterocycles. The topological polar surface area (TPSA) is 86.6 Å². The monoisotopic (exact) mass is 612 g/mol. The molecule has 0 aliphatic rings. The largest absolute Gasteiger partial charge is 2.00 e. The quantitative estimate of drug-likeness (QED) is 0.290. The summed E-state index contributed by atoms with van der Waals surface area (Å²) in [4.78, 5) is 0. The summed E-state index contributed by atoms with van der Waals surface area (Å²) in [6.45, 7) is 0. The molecule has 0 aliphatic heterocycles. The van der Waals surface area contributed by atoms with Crippen LogP contribution in [0.15, 0.2) is 121 Å². The minimum absolute atomic E-state index is 0. The molecule has 4 nitrogen and oxygen atoms in total. The molecule has 4 aromatic rings. The summed E-state index contributed by atoms with van der Waals surface area (Å²) in [5.41, 5.74) is 0. The Morgan fingerprint density at radius 2 is 0.545 bits per heavy atom. The molecular formula is C24H22Ni3O4S2. The molecule has 0 bridgehead atoms. The van der Waals surface area contributed by atoms with E-state index in [0.717, 1.165) is 0 Å². The van der Waals surface area contributed by atoms with Gasteiger partial charge in [0.1, 0.15) is 11.5 Å².